The van der Waals surface area contributed by atoms with Gasteiger partial charge in [-0.1, -0.05) is 0 Å². The van der Waals surface area contributed by atoms with Gasteiger partial charge in [0.25, 0.3) is 0 Å². The Morgan fingerprint density at radius 2 is 1.38 bits per heavy atom. The van der Waals surface area contributed by atoms with E-state index in [4.69, 9.17) is 4.74 Å². The molecule has 1 aromatic carbocycles. The Morgan fingerprint density at radius 3 is 1.88 bits per heavy atom. The first-order valence-electron chi connectivity index (χ1n) is 10.4. The molecule has 1 aliphatic heterocycles. The molecule has 0 amide bonds. The van der Waals surface area contributed by atoms with Crippen LogP contribution in [0, 0.1) is 0 Å². The molecule has 0 radical (unpaired) electrons. The topological polar surface area (TPSA) is 12.5 Å². The van der Waals surface area contributed by atoms with Crippen molar-refractivity contribution >= 4 is 18.4 Å². The van der Waals surface area contributed by atoms with Crippen molar-refractivity contribution in [1.29, 1.82) is 0 Å². The van der Waals surface area contributed by atoms with E-state index in [1.807, 2.05) is 0 Å². The van der Waals surface area contributed by atoms with E-state index in [1.165, 1.54) is 56.9 Å². The monoisotopic (exact) mass is 438 g/mol. The number of epoxide rings is 1. The molecule has 0 unspecified atom stereocenters. The second-order valence-electron chi connectivity index (χ2n) is 7.79. The van der Waals surface area contributed by atoms with Gasteiger partial charge < -0.3 is 0 Å². The summed E-state index contributed by atoms with van der Waals surface area (Å²) in [5, 5.41) is 0. The third-order valence-electron chi connectivity index (χ3n) is 5.83. The van der Waals surface area contributed by atoms with Crippen molar-refractivity contribution in [3.05, 3.63) is 35.9 Å². The van der Waals surface area contributed by atoms with Gasteiger partial charge in [0.1, 0.15) is 0 Å². The fourth-order valence-corrected chi connectivity index (χ4v) is 21.9. The van der Waals surface area contributed by atoms with Gasteiger partial charge in [0.05, 0.1) is 0 Å². The Bertz CT molecular complexity index is 423. The number of ether oxygens (including phenoxy) is 1. The van der Waals surface area contributed by atoms with Crippen LogP contribution in [0.3, 0.4) is 0 Å². The first-order valence-corrected chi connectivity index (χ1v) is 18.2. The van der Waals surface area contributed by atoms with Crippen LogP contribution < -0.4 is 0 Å². The molecule has 1 aromatic rings. The zero-order chi connectivity index (χ0) is 17.3. The summed E-state index contributed by atoms with van der Waals surface area (Å²) in [7, 11) is 0. The van der Waals surface area contributed by atoms with Gasteiger partial charge in [0.2, 0.25) is 0 Å². The molecular formula is C22H38OSn. The maximum atomic E-state index is 6.39. The van der Waals surface area contributed by atoms with Crippen LogP contribution in [0.5, 0.6) is 0 Å². The van der Waals surface area contributed by atoms with Gasteiger partial charge in [0, 0.05) is 0 Å². The van der Waals surface area contributed by atoms with E-state index in [9.17, 15) is 0 Å². The number of hydrogen-bond donors (Lipinski definition) is 0. The van der Waals surface area contributed by atoms with Crippen LogP contribution in [0.25, 0.3) is 0 Å². The molecule has 2 atom stereocenters. The van der Waals surface area contributed by atoms with Crippen LogP contribution >= 0.6 is 0 Å². The van der Waals surface area contributed by atoms with E-state index in [0.29, 0.717) is 6.10 Å². The van der Waals surface area contributed by atoms with Gasteiger partial charge in [-0.05, 0) is 0 Å². The van der Waals surface area contributed by atoms with Gasteiger partial charge in [-0.15, -0.1) is 0 Å². The van der Waals surface area contributed by atoms with Gasteiger partial charge in [-0.2, -0.15) is 0 Å². The molecular weight excluding hydrogens is 399 g/mol. The SMILES string of the molecule is CCC[CH2][Sn]([CH2]CCC)([CH2]CCC)[C@H]1O[C@@H]1CCc1ccccc1. The van der Waals surface area contributed by atoms with Crippen LogP contribution in [0.4, 0.5) is 0 Å². The average Bonchev–Trinajstić information content (AvgIpc) is 3.41. The summed E-state index contributed by atoms with van der Waals surface area (Å²) < 4.78 is 11.9. The Labute approximate surface area is 154 Å². The number of aryl methyl sites for hydroxylation is 1. The number of rotatable bonds is 13. The molecule has 0 saturated carbocycles. The van der Waals surface area contributed by atoms with Gasteiger partial charge in [-0.25, -0.2) is 0 Å². The number of unbranched alkanes of at least 4 members (excludes halogenated alkanes) is 3. The predicted octanol–water partition coefficient (Wildman–Crippen LogP) is 6.77. The molecule has 136 valence electrons. The normalized spacial score (nSPS) is 20.3. The molecule has 0 aromatic heterocycles. The predicted molar refractivity (Wildman–Crippen MR) is 108 cm³/mol. The van der Waals surface area contributed by atoms with E-state index in [-0.39, 0.29) is 0 Å². The Hall–Kier alpha value is -0.0213. The summed E-state index contributed by atoms with van der Waals surface area (Å²) in [6.45, 7) is 7.07. The van der Waals surface area contributed by atoms with Crippen molar-refractivity contribution in [3.8, 4) is 0 Å². The molecule has 1 saturated heterocycles. The van der Waals surface area contributed by atoms with Crippen molar-refractivity contribution in [2.24, 2.45) is 0 Å². The second-order valence-corrected chi connectivity index (χ2v) is 21.5. The second kappa shape index (κ2) is 10.9. The number of benzene rings is 1. The third kappa shape index (κ3) is 6.05. The van der Waals surface area contributed by atoms with Crippen molar-refractivity contribution in [2.75, 3.05) is 0 Å². The van der Waals surface area contributed by atoms with Gasteiger partial charge in [0.15, 0.2) is 0 Å². The fourth-order valence-electron chi connectivity index (χ4n) is 4.24. The molecule has 2 rings (SSSR count). The van der Waals surface area contributed by atoms with Crippen LogP contribution in [0.15, 0.2) is 30.3 Å². The van der Waals surface area contributed by atoms with E-state index in [1.54, 1.807) is 13.3 Å². The third-order valence-corrected chi connectivity index (χ3v) is 22.3. The fraction of sp³-hybridized carbons (Fsp3) is 0.727. The summed E-state index contributed by atoms with van der Waals surface area (Å²) in [6.07, 6.45) is 11.5. The minimum absolute atomic E-state index is 0.603. The van der Waals surface area contributed by atoms with Crippen molar-refractivity contribution in [3.63, 3.8) is 0 Å². The van der Waals surface area contributed by atoms with Crippen LogP contribution in [-0.2, 0) is 11.2 Å². The summed E-state index contributed by atoms with van der Waals surface area (Å²) >= 11 is -2.12. The summed E-state index contributed by atoms with van der Waals surface area (Å²) in [4.78, 5) is 0. The molecule has 1 nitrogen and oxygen atoms in total. The van der Waals surface area contributed by atoms with Crippen LogP contribution in [-0.4, -0.2) is 28.6 Å². The maximum absolute atomic E-state index is 6.39. The number of hydrogen-bond acceptors (Lipinski definition) is 1. The average molecular weight is 437 g/mol. The zero-order valence-electron chi connectivity index (χ0n) is 16.2. The van der Waals surface area contributed by atoms with E-state index in [2.05, 4.69) is 51.1 Å². The molecule has 2 heteroatoms. The minimum atomic E-state index is -2.12. The zero-order valence-corrected chi connectivity index (χ0v) is 19.1. The first-order chi connectivity index (χ1) is 11.8. The Kier molecular flexibility index (Phi) is 9.18. The van der Waals surface area contributed by atoms with E-state index >= 15 is 0 Å². The first kappa shape index (κ1) is 20.3. The van der Waals surface area contributed by atoms with Crippen LogP contribution in [0.1, 0.15) is 71.3 Å². The summed E-state index contributed by atoms with van der Waals surface area (Å²) in [6, 6.07) is 11.0. The van der Waals surface area contributed by atoms with Crippen molar-refractivity contribution in [1.82, 2.24) is 0 Å². The summed E-state index contributed by atoms with van der Waals surface area (Å²) in [5.74, 6) is 0. The Morgan fingerprint density at radius 1 is 0.833 bits per heavy atom. The molecule has 24 heavy (non-hydrogen) atoms. The van der Waals surface area contributed by atoms with Gasteiger partial charge in [-0.3, -0.25) is 0 Å². The molecule has 0 spiro atoms. The quantitative estimate of drug-likeness (QED) is 0.245. The van der Waals surface area contributed by atoms with E-state index in [0.717, 1.165) is 4.12 Å². The summed E-state index contributed by atoms with van der Waals surface area (Å²) in [5.41, 5.74) is 1.48. The van der Waals surface area contributed by atoms with E-state index < -0.39 is 18.4 Å². The molecule has 1 aliphatic rings. The van der Waals surface area contributed by atoms with Gasteiger partial charge >= 0.3 is 155 Å². The van der Waals surface area contributed by atoms with Crippen molar-refractivity contribution in [2.45, 2.75) is 95.7 Å². The Balaban J connectivity index is 1.95. The molecule has 0 aliphatic carbocycles. The molecule has 1 fully saturated rings. The molecule has 1 heterocycles. The van der Waals surface area contributed by atoms with Crippen molar-refractivity contribution < 1.29 is 4.74 Å². The molecule has 0 N–H and O–H groups in total. The van der Waals surface area contributed by atoms with Crippen LogP contribution in [0.2, 0.25) is 13.3 Å². The standard InChI is InChI=1S/C10H11O.3C4H9.Sn/c1-2-4-9(5-3-1)6-7-10-8-11-10;3*1-3-4-2;/h1-5,8,10H,6-7H2;3*1,3-4H2,2H3;/t10-;;;;/m1..../s1. The molecule has 0 bridgehead atoms.